The summed E-state index contributed by atoms with van der Waals surface area (Å²) in [5.74, 6) is 1.02. The molecule has 0 saturated heterocycles. The fourth-order valence-corrected chi connectivity index (χ4v) is 2.47. The van der Waals surface area contributed by atoms with E-state index in [-0.39, 0.29) is 0 Å². The first-order valence-corrected chi connectivity index (χ1v) is 6.88. The number of thiophene rings is 1. The average molecular weight is 246 g/mol. The highest BCUT2D eigenvalue weighted by atomic mass is 32.1. The number of hydrogen-bond acceptors (Lipinski definition) is 3. The zero-order valence-corrected chi connectivity index (χ0v) is 11.3. The van der Waals surface area contributed by atoms with Gasteiger partial charge in [0.2, 0.25) is 0 Å². The van der Waals surface area contributed by atoms with Gasteiger partial charge in [0.1, 0.15) is 5.82 Å². The van der Waals surface area contributed by atoms with E-state index >= 15 is 0 Å². The highest BCUT2D eigenvalue weighted by Gasteiger charge is 2.07. The smallest absolute Gasteiger partial charge is 0.129 e. The van der Waals surface area contributed by atoms with Crippen LogP contribution in [0.5, 0.6) is 0 Å². The molecule has 0 aliphatic heterocycles. The van der Waals surface area contributed by atoms with E-state index < -0.39 is 0 Å². The molecule has 2 rings (SSSR count). The molecular weight excluding hydrogens is 228 g/mol. The van der Waals surface area contributed by atoms with Crippen LogP contribution in [-0.2, 0) is 6.42 Å². The number of pyridine rings is 1. The second-order valence-electron chi connectivity index (χ2n) is 4.36. The molecule has 17 heavy (non-hydrogen) atoms. The Bertz CT molecular complexity index is 475. The van der Waals surface area contributed by atoms with Crippen LogP contribution in [0.2, 0.25) is 0 Å². The Balaban J connectivity index is 2.34. The van der Waals surface area contributed by atoms with Gasteiger partial charge in [-0.1, -0.05) is 13.0 Å². The lowest BCUT2D eigenvalue weighted by Gasteiger charge is -2.13. The van der Waals surface area contributed by atoms with Crippen LogP contribution in [0.25, 0.3) is 10.4 Å². The molecule has 0 bridgehead atoms. The Morgan fingerprint density at radius 1 is 1.41 bits per heavy atom. The van der Waals surface area contributed by atoms with Gasteiger partial charge in [0, 0.05) is 22.7 Å². The summed E-state index contributed by atoms with van der Waals surface area (Å²) < 4.78 is 0. The minimum absolute atomic E-state index is 0.417. The molecule has 90 valence electrons. The van der Waals surface area contributed by atoms with Gasteiger partial charge >= 0.3 is 0 Å². The maximum atomic E-state index is 4.54. The highest BCUT2D eigenvalue weighted by Crippen LogP contribution is 2.27. The van der Waals surface area contributed by atoms with Gasteiger partial charge < -0.3 is 5.32 Å². The molecule has 0 radical (unpaired) electrons. The summed E-state index contributed by atoms with van der Waals surface area (Å²) in [7, 11) is 0. The Morgan fingerprint density at radius 3 is 2.82 bits per heavy atom. The second kappa shape index (κ2) is 5.32. The van der Waals surface area contributed by atoms with Crippen LogP contribution in [0.3, 0.4) is 0 Å². The van der Waals surface area contributed by atoms with Crippen LogP contribution in [0.4, 0.5) is 5.82 Å². The van der Waals surface area contributed by atoms with Gasteiger partial charge in [-0.2, -0.15) is 0 Å². The van der Waals surface area contributed by atoms with E-state index in [1.165, 1.54) is 16.0 Å². The van der Waals surface area contributed by atoms with Crippen molar-refractivity contribution in [3.63, 3.8) is 0 Å². The predicted molar refractivity (Wildman–Crippen MR) is 75.7 cm³/mol. The number of aromatic nitrogens is 1. The van der Waals surface area contributed by atoms with Crippen molar-refractivity contribution in [2.75, 3.05) is 5.32 Å². The largest absolute Gasteiger partial charge is 0.368 e. The number of nitrogens with zero attached hydrogens (tertiary/aromatic N) is 1. The van der Waals surface area contributed by atoms with Crippen LogP contribution in [0.1, 0.15) is 26.3 Å². The maximum absolute atomic E-state index is 4.54. The molecule has 0 aliphatic rings. The van der Waals surface area contributed by atoms with Gasteiger partial charge in [0.15, 0.2) is 0 Å². The van der Waals surface area contributed by atoms with Crippen molar-refractivity contribution in [2.45, 2.75) is 33.2 Å². The summed E-state index contributed by atoms with van der Waals surface area (Å²) in [5.41, 5.74) is 2.50. The zero-order valence-electron chi connectivity index (χ0n) is 10.5. The van der Waals surface area contributed by atoms with Crippen molar-refractivity contribution in [2.24, 2.45) is 0 Å². The number of aryl methyl sites for hydroxylation is 1. The van der Waals surface area contributed by atoms with E-state index in [0.29, 0.717) is 6.04 Å². The summed E-state index contributed by atoms with van der Waals surface area (Å²) in [6.45, 7) is 6.43. The molecule has 3 heteroatoms. The first kappa shape index (κ1) is 12.1. The van der Waals surface area contributed by atoms with Crippen LogP contribution in [0.15, 0.2) is 29.8 Å². The van der Waals surface area contributed by atoms with Crippen LogP contribution >= 0.6 is 11.3 Å². The van der Waals surface area contributed by atoms with E-state index in [0.717, 1.165) is 12.2 Å². The predicted octanol–water partition coefficient (Wildman–Crippen LogP) is 4.19. The fourth-order valence-electron chi connectivity index (χ4n) is 1.76. The average Bonchev–Trinajstić information content (AvgIpc) is 2.82. The number of anilines is 1. The normalized spacial score (nSPS) is 10.8. The van der Waals surface area contributed by atoms with Gasteiger partial charge in [-0.15, -0.1) is 11.3 Å². The third-order valence-corrected chi connectivity index (χ3v) is 3.50. The first-order valence-electron chi connectivity index (χ1n) is 6.00. The minimum Gasteiger partial charge on any atom is -0.368 e. The molecule has 2 nitrogen and oxygen atoms in total. The third kappa shape index (κ3) is 2.86. The molecule has 0 aromatic carbocycles. The van der Waals surface area contributed by atoms with Gasteiger partial charge in [-0.3, -0.25) is 0 Å². The minimum atomic E-state index is 0.417. The molecule has 2 heterocycles. The summed E-state index contributed by atoms with van der Waals surface area (Å²) in [6, 6.07) is 6.87. The van der Waals surface area contributed by atoms with E-state index in [9.17, 15) is 0 Å². The van der Waals surface area contributed by atoms with Gasteiger partial charge in [0.25, 0.3) is 0 Å². The number of rotatable bonds is 4. The standard InChI is InChI=1S/C14H18N2S/c1-4-11-8-12(13-6-5-7-17-13)9-15-14(11)16-10(2)3/h5-10H,4H2,1-3H3,(H,15,16). The fraction of sp³-hybridized carbons (Fsp3) is 0.357. The summed E-state index contributed by atoms with van der Waals surface area (Å²) in [6.07, 6.45) is 2.96. The zero-order chi connectivity index (χ0) is 12.3. The molecule has 0 fully saturated rings. The lowest BCUT2D eigenvalue weighted by Crippen LogP contribution is -2.12. The molecule has 0 aliphatic carbocycles. The van der Waals surface area contributed by atoms with Crippen molar-refractivity contribution in [3.05, 3.63) is 35.3 Å². The first-order chi connectivity index (χ1) is 8.20. The number of hydrogen-bond donors (Lipinski definition) is 1. The van der Waals surface area contributed by atoms with Gasteiger partial charge in [0.05, 0.1) is 0 Å². The van der Waals surface area contributed by atoms with Crippen LogP contribution in [-0.4, -0.2) is 11.0 Å². The topological polar surface area (TPSA) is 24.9 Å². The lowest BCUT2D eigenvalue weighted by molar-refractivity contribution is 0.881. The molecule has 2 aromatic rings. The van der Waals surface area contributed by atoms with E-state index in [1.807, 2.05) is 6.20 Å². The Morgan fingerprint density at radius 2 is 2.24 bits per heavy atom. The molecule has 0 amide bonds. The molecule has 0 saturated carbocycles. The van der Waals surface area contributed by atoms with Crippen LogP contribution < -0.4 is 5.32 Å². The van der Waals surface area contributed by atoms with Crippen molar-refractivity contribution < 1.29 is 0 Å². The van der Waals surface area contributed by atoms with Gasteiger partial charge in [-0.05, 0) is 43.3 Å². The van der Waals surface area contributed by atoms with E-state index in [1.54, 1.807) is 11.3 Å². The van der Waals surface area contributed by atoms with Crippen molar-refractivity contribution in [3.8, 4) is 10.4 Å². The maximum Gasteiger partial charge on any atom is 0.129 e. The van der Waals surface area contributed by atoms with Crippen molar-refractivity contribution in [1.82, 2.24) is 4.98 Å². The Kier molecular flexibility index (Phi) is 3.79. The molecule has 1 N–H and O–H groups in total. The molecule has 0 spiro atoms. The SMILES string of the molecule is CCc1cc(-c2cccs2)cnc1NC(C)C. The summed E-state index contributed by atoms with van der Waals surface area (Å²) in [5, 5.41) is 5.49. The van der Waals surface area contributed by atoms with Crippen molar-refractivity contribution >= 4 is 17.2 Å². The second-order valence-corrected chi connectivity index (χ2v) is 5.31. The number of nitrogens with one attached hydrogen (secondary N) is 1. The van der Waals surface area contributed by atoms with Crippen LogP contribution in [0, 0.1) is 0 Å². The molecule has 0 unspecified atom stereocenters. The molecular formula is C14H18N2S. The Hall–Kier alpha value is -1.35. The quantitative estimate of drug-likeness (QED) is 0.874. The monoisotopic (exact) mass is 246 g/mol. The van der Waals surface area contributed by atoms with Gasteiger partial charge in [-0.25, -0.2) is 4.98 Å². The highest BCUT2D eigenvalue weighted by molar-refractivity contribution is 7.13. The summed E-state index contributed by atoms with van der Waals surface area (Å²) in [4.78, 5) is 5.82. The Labute approximate surface area is 107 Å². The third-order valence-electron chi connectivity index (χ3n) is 2.58. The van der Waals surface area contributed by atoms with Crippen molar-refractivity contribution in [1.29, 1.82) is 0 Å². The molecule has 2 aromatic heterocycles. The van der Waals surface area contributed by atoms with E-state index in [4.69, 9.17) is 0 Å². The molecule has 0 atom stereocenters. The van der Waals surface area contributed by atoms with E-state index in [2.05, 4.69) is 54.7 Å². The summed E-state index contributed by atoms with van der Waals surface area (Å²) >= 11 is 1.75. The lowest BCUT2D eigenvalue weighted by atomic mass is 10.1.